The number of hydrogen-bond donors (Lipinski definition) is 1. The highest BCUT2D eigenvalue weighted by Crippen LogP contribution is 2.37. The predicted octanol–water partition coefficient (Wildman–Crippen LogP) is 3.39. The maximum Gasteiger partial charge on any atom is 0.387 e. The Balaban J connectivity index is 1.72. The zero-order chi connectivity index (χ0) is 21.3. The van der Waals surface area contributed by atoms with Crippen LogP contribution in [0.3, 0.4) is 0 Å². The Hall–Kier alpha value is -3.25. The lowest BCUT2D eigenvalue weighted by Crippen LogP contribution is -2.39. The summed E-state index contributed by atoms with van der Waals surface area (Å²) < 4.78 is 31.7. The molecule has 0 bridgehead atoms. The zero-order valence-electron chi connectivity index (χ0n) is 16.4. The molecule has 1 aliphatic heterocycles. The largest absolute Gasteiger partial charge is 0.435 e. The second-order valence-corrected chi connectivity index (χ2v) is 7.38. The fourth-order valence-electron chi connectivity index (χ4n) is 4.10. The first-order chi connectivity index (χ1) is 14.5. The molecule has 2 atom stereocenters. The Morgan fingerprint density at radius 3 is 2.87 bits per heavy atom. The topological polar surface area (TPSA) is 87.2 Å². The predicted molar refractivity (Wildman–Crippen MR) is 106 cm³/mol. The van der Waals surface area contributed by atoms with Gasteiger partial charge in [0.05, 0.1) is 16.8 Å². The first-order valence-electron chi connectivity index (χ1n) is 9.66. The molecule has 1 aromatic carbocycles. The van der Waals surface area contributed by atoms with E-state index in [0.29, 0.717) is 41.1 Å². The van der Waals surface area contributed by atoms with Crippen LogP contribution >= 0.6 is 0 Å². The monoisotopic (exact) mass is 413 g/mol. The van der Waals surface area contributed by atoms with E-state index in [1.807, 2.05) is 11.9 Å². The summed E-state index contributed by atoms with van der Waals surface area (Å²) in [6.45, 7) is -1.76. The summed E-state index contributed by atoms with van der Waals surface area (Å²) in [6, 6.07) is 6.67. The molecule has 4 rings (SSSR count). The molecule has 1 saturated heterocycles. The van der Waals surface area contributed by atoms with Crippen LogP contribution in [-0.4, -0.2) is 39.3 Å². The number of halogens is 2. The molecule has 7 nitrogen and oxygen atoms in total. The Labute approximate surface area is 172 Å². The van der Waals surface area contributed by atoms with Crippen molar-refractivity contribution in [2.45, 2.75) is 25.6 Å². The van der Waals surface area contributed by atoms with Crippen molar-refractivity contribution in [1.82, 2.24) is 14.5 Å². The van der Waals surface area contributed by atoms with E-state index in [-0.39, 0.29) is 11.7 Å². The highest BCUT2D eigenvalue weighted by molar-refractivity contribution is 5.95. The number of alkyl halides is 2. The molecular weight excluding hydrogens is 392 g/mol. The molecule has 30 heavy (non-hydrogen) atoms. The molecule has 0 saturated carbocycles. The van der Waals surface area contributed by atoms with Crippen LogP contribution in [0.15, 0.2) is 36.8 Å². The van der Waals surface area contributed by atoms with Gasteiger partial charge in [-0.25, -0.2) is 4.98 Å². The molecule has 0 amide bonds. The number of imidazole rings is 1. The van der Waals surface area contributed by atoms with Crippen molar-refractivity contribution >= 4 is 16.6 Å². The van der Waals surface area contributed by atoms with Crippen LogP contribution in [0, 0.1) is 17.2 Å². The summed E-state index contributed by atoms with van der Waals surface area (Å²) >= 11 is 0. The number of pyridine rings is 1. The smallest absolute Gasteiger partial charge is 0.387 e. The molecule has 0 radical (unpaired) electrons. The molecule has 2 aromatic heterocycles. The number of hydrogen-bond acceptors (Lipinski definition) is 6. The molecule has 0 aliphatic carbocycles. The van der Waals surface area contributed by atoms with Crippen molar-refractivity contribution in [3.63, 3.8) is 0 Å². The minimum Gasteiger partial charge on any atom is -0.435 e. The third-order valence-corrected chi connectivity index (χ3v) is 5.50. The van der Waals surface area contributed by atoms with Gasteiger partial charge in [0.15, 0.2) is 0 Å². The number of aliphatic hydroxyl groups excluding tert-OH is 1. The van der Waals surface area contributed by atoms with Crippen LogP contribution in [0.25, 0.3) is 10.9 Å². The Bertz CT molecular complexity index is 1090. The van der Waals surface area contributed by atoms with E-state index in [9.17, 15) is 19.1 Å². The molecular formula is C21H21F2N5O2. The lowest BCUT2D eigenvalue weighted by molar-refractivity contribution is -0.0497. The van der Waals surface area contributed by atoms with E-state index in [0.717, 1.165) is 12.8 Å². The van der Waals surface area contributed by atoms with Gasteiger partial charge in [0.25, 0.3) is 0 Å². The van der Waals surface area contributed by atoms with Crippen molar-refractivity contribution in [3.05, 3.63) is 48.2 Å². The summed E-state index contributed by atoms with van der Waals surface area (Å²) in [4.78, 5) is 10.6. The molecule has 9 heteroatoms. The normalized spacial score (nSPS) is 17.9. The SMILES string of the molecule is Cn1ccnc1C(O)C1CCCN(c2c(C#N)cnc3ccc(OC(F)F)cc23)C1. The van der Waals surface area contributed by atoms with Gasteiger partial charge in [0.1, 0.15) is 23.7 Å². The molecule has 1 aliphatic rings. The number of fused-ring (bicyclic) bond motifs is 1. The molecule has 3 aromatic rings. The van der Waals surface area contributed by atoms with E-state index < -0.39 is 12.7 Å². The van der Waals surface area contributed by atoms with Gasteiger partial charge in [-0.3, -0.25) is 4.98 Å². The number of piperidine rings is 1. The van der Waals surface area contributed by atoms with Crippen LogP contribution in [0.4, 0.5) is 14.5 Å². The van der Waals surface area contributed by atoms with E-state index in [1.165, 1.54) is 18.3 Å². The summed E-state index contributed by atoms with van der Waals surface area (Å²) in [5, 5.41) is 21.1. The second-order valence-electron chi connectivity index (χ2n) is 7.38. The third-order valence-electron chi connectivity index (χ3n) is 5.50. The van der Waals surface area contributed by atoms with Gasteiger partial charge in [-0.1, -0.05) is 0 Å². The lowest BCUT2D eigenvalue weighted by Gasteiger charge is -2.37. The molecule has 1 N–H and O–H groups in total. The van der Waals surface area contributed by atoms with Crippen LogP contribution in [-0.2, 0) is 7.05 Å². The van der Waals surface area contributed by atoms with Gasteiger partial charge < -0.3 is 19.3 Å². The van der Waals surface area contributed by atoms with Crippen LogP contribution in [0.5, 0.6) is 5.75 Å². The first kappa shape index (κ1) is 20.0. The van der Waals surface area contributed by atoms with Gasteiger partial charge in [-0.15, -0.1) is 0 Å². The van der Waals surface area contributed by atoms with E-state index in [2.05, 4.69) is 20.8 Å². The number of benzene rings is 1. The molecule has 0 spiro atoms. The zero-order valence-corrected chi connectivity index (χ0v) is 16.4. The number of aromatic nitrogens is 3. The molecule has 1 fully saturated rings. The average molecular weight is 413 g/mol. The number of aliphatic hydroxyl groups is 1. The van der Waals surface area contributed by atoms with Gasteiger partial charge >= 0.3 is 6.61 Å². The Kier molecular flexibility index (Phi) is 5.50. The van der Waals surface area contributed by atoms with Gasteiger partial charge in [0.2, 0.25) is 0 Å². The van der Waals surface area contributed by atoms with Crippen molar-refractivity contribution in [3.8, 4) is 11.8 Å². The number of ether oxygens (including phenoxy) is 1. The lowest BCUT2D eigenvalue weighted by atomic mass is 9.91. The minimum atomic E-state index is -2.94. The maximum absolute atomic E-state index is 12.7. The quantitative estimate of drug-likeness (QED) is 0.690. The van der Waals surface area contributed by atoms with Gasteiger partial charge in [0, 0.05) is 50.0 Å². The number of aryl methyl sites for hydroxylation is 1. The number of nitriles is 1. The van der Waals surface area contributed by atoms with Gasteiger partial charge in [-0.05, 0) is 31.0 Å². The second kappa shape index (κ2) is 8.24. The maximum atomic E-state index is 12.7. The number of anilines is 1. The fraction of sp³-hybridized carbons (Fsp3) is 0.381. The van der Waals surface area contributed by atoms with Crippen LogP contribution in [0.1, 0.15) is 30.3 Å². The van der Waals surface area contributed by atoms with Crippen molar-refractivity contribution < 1.29 is 18.6 Å². The third kappa shape index (κ3) is 3.78. The van der Waals surface area contributed by atoms with Crippen molar-refractivity contribution in [1.29, 1.82) is 5.26 Å². The summed E-state index contributed by atoms with van der Waals surface area (Å²) in [5.74, 6) is 0.516. The Morgan fingerprint density at radius 2 is 2.17 bits per heavy atom. The molecule has 156 valence electrons. The van der Waals surface area contributed by atoms with Crippen molar-refractivity contribution in [2.24, 2.45) is 13.0 Å². The standard InChI is InChI=1S/C21H21F2N5O2/c1-27-8-6-25-20(27)19(29)13-3-2-7-28(12-13)18-14(10-24)11-26-17-5-4-15(9-16(17)18)30-21(22)23/h4-6,8-9,11,13,19,21,29H,2-3,7,12H2,1H3. The Morgan fingerprint density at radius 1 is 1.33 bits per heavy atom. The van der Waals surface area contributed by atoms with Gasteiger partial charge in [-0.2, -0.15) is 14.0 Å². The first-order valence-corrected chi connectivity index (χ1v) is 9.66. The van der Waals surface area contributed by atoms with E-state index in [4.69, 9.17) is 0 Å². The van der Waals surface area contributed by atoms with E-state index in [1.54, 1.807) is 23.0 Å². The summed E-state index contributed by atoms with van der Waals surface area (Å²) in [5.41, 5.74) is 1.56. The fourth-order valence-corrected chi connectivity index (χ4v) is 4.10. The highest BCUT2D eigenvalue weighted by atomic mass is 19.3. The number of rotatable bonds is 5. The van der Waals surface area contributed by atoms with Crippen molar-refractivity contribution in [2.75, 3.05) is 18.0 Å². The minimum absolute atomic E-state index is 0.0113. The summed E-state index contributed by atoms with van der Waals surface area (Å²) in [7, 11) is 1.83. The van der Waals surface area contributed by atoms with Crippen LogP contribution in [0.2, 0.25) is 0 Å². The number of nitrogens with zero attached hydrogens (tertiary/aromatic N) is 5. The summed E-state index contributed by atoms with van der Waals surface area (Å²) in [6.07, 6.45) is 5.80. The highest BCUT2D eigenvalue weighted by Gasteiger charge is 2.31. The average Bonchev–Trinajstić information content (AvgIpc) is 3.17. The van der Waals surface area contributed by atoms with E-state index >= 15 is 0 Å². The van der Waals surface area contributed by atoms with Crippen LogP contribution < -0.4 is 9.64 Å². The molecule has 2 unspecified atom stereocenters. The molecule has 3 heterocycles.